The van der Waals surface area contributed by atoms with Crippen molar-refractivity contribution in [3.63, 3.8) is 0 Å². The Balaban J connectivity index is 1.43. The van der Waals surface area contributed by atoms with Gasteiger partial charge in [-0.1, -0.05) is 70.4 Å². The fourth-order valence-corrected chi connectivity index (χ4v) is 6.01. The van der Waals surface area contributed by atoms with Gasteiger partial charge in [-0.25, -0.2) is 9.80 Å². The van der Waals surface area contributed by atoms with Gasteiger partial charge in [0.05, 0.1) is 22.8 Å². The minimum absolute atomic E-state index is 0.108. The molecule has 2 heterocycles. The van der Waals surface area contributed by atoms with E-state index < -0.39 is 28.5 Å². The predicted molar refractivity (Wildman–Crippen MR) is 168 cm³/mol. The van der Waals surface area contributed by atoms with Gasteiger partial charge < -0.3 is 5.32 Å². The number of nitrogens with one attached hydrogen (secondary N) is 2. The molecule has 5 amide bonds. The molecule has 0 aromatic heterocycles. The summed E-state index contributed by atoms with van der Waals surface area (Å²) in [6.45, 7) is 4.95. The quantitative estimate of drug-likeness (QED) is 0.387. The molecule has 0 radical (unpaired) electrons. The number of amides is 5. The van der Waals surface area contributed by atoms with E-state index in [1.54, 1.807) is 30.3 Å². The van der Waals surface area contributed by atoms with E-state index >= 15 is 0 Å². The van der Waals surface area contributed by atoms with Crippen LogP contribution in [0.1, 0.15) is 64.0 Å². The Hall–Kier alpha value is -4.25. The molecular weight excluding hydrogens is 566 g/mol. The van der Waals surface area contributed by atoms with E-state index in [-0.39, 0.29) is 29.7 Å². The van der Waals surface area contributed by atoms with Gasteiger partial charge in [-0.05, 0) is 54.4 Å². The van der Waals surface area contributed by atoms with E-state index in [2.05, 4.69) is 10.6 Å². The van der Waals surface area contributed by atoms with Crippen LogP contribution in [0.25, 0.3) is 6.08 Å². The maximum absolute atomic E-state index is 14.0. The molecule has 2 aliphatic heterocycles. The number of carbonyl (C=O) groups is 5. The van der Waals surface area contributed by atoms with Crippen LogP contribution in [0.15, 0.2) is 58.5 Å². The fraction of sp³-hybridized carbons (Fsp3) is 0.375. The number of urea groups is 1. The number of thioether (sulfide) groups is 1. The molecule has 11 heteroatoms. The Morgan fingerprint density at radius 1 is 1.02 bits per heavy atom. The van der Waals surface area contributed by atoms with Crippen LogP contribution >= 0.6 is 11.8 Å². The average Bonchev–Trinajstić information content (AvgIpc) is 3.23. The lowest BCUT2D eigenvalue weighted by atomic mass is 9.83. The van der Waals surface area contributed by atoms with E-state index in [4.69, 9.17) is 5.10 Å². The fourth-order valence-electron chi connectivity index (χ4n) is 5.32. The number of rotatable bonds is 7. The molecule has 5 rings (SSSR count). The third-order valence-corrected chi connectivity index (χ3v) is 8.50. The van der Waals surface area contributed by atoms with Gasteiger partial charge in [-0.15, -0.1) is 0 Å². The monoisotopic (exact) mass is 601 g/mol. The van der Waals surface area contributed by atoms with Crippen LogP contribution in [0, 0.1) is 11.3 Å². The number of Topliss-reactive ketones (excluding diaryl/α,β-unsaturated/α-hetero) is 1. The number of nitrogens with zero attached hydrogens (tertiary/aromatic N) is 3. The Morgan fingerprint density at radius 2 is 1.77 bits per heavy atom. The second-order valence-electron chi connectivity index (χ2n) is 12.0. The highest BCUT2D eigenvalue weighted by molar-refractivity contribution is 8.18. The number of imide groups is 1. The largest absolute Gasteiger partial charge is 0.345 e. The summed E-state index contributed by atoms with van der Waals surface area (Å²) in [5, 5.41) is 10.6. The summed E-state index contributed by atoms with van der Waals surface area (Å²) in [5.74, 6) is -0.913. The third-order valence-electron chi connectivity index (χ3n) is 7.68. The summed E-state index contributed by atoms with van der Waals surface area (Å²) in [5.41, 5.74) is 2.59. The van der Waals surface area contributed by atoms with Crippen molar-refractivity contribution in [3.05, 3.63) is 64.6 Å². The summed E-state index contributed by atoms with van der Waals surface area (Å²) in [6.07, 6.45) is 6.72. The van der Waals surface area contributed by atoms with Crippen LogP contribution in [0.4, 0.5) is 21.0 Å². The van der Waals surface area contributed by atoms with E-state index in [0.717, 1.165) is 55.1 Å². The lowest BCUT2D eigenvalue weighted by Crippen LogP contribution is -2.47. The Bertz CT molecular complexity index is 1540. The molecule has 0 unspecified atom stereocenters. The highest BCUT2D eigenvalue weighted by Crippen LogP contribution is 2.34. The van der Waals surface area contributed by atoms with Crippen LogP contribution in [0.3, 0.4) is 0 Å². The van der Waals surface area contributed by atoms with Crippen molar-refractivity contribution < 1.29 is 24.0 Å². The molecule has 3 aliphatic rings. The normalized spacial score (nSPS) is 18.7. The van der Waals surface area contributed by atoms with Crippen LogP contribution in [0.2, 0.25) is 0 Å². The SMILES string of the molecule is CC(C)(C)C(=O)CN1C(=O)N(CC(=O)Nc2cccc(C=C3SC(=O)NC3=O)c2)N=C(C2CCCCC2)c2ccccc21. The summed E-state index contributed by atoms with van der Waals surface area (Å²) in [6, 6.07) is 13.8. The second-order valence-corrected chi connectivity index (χ2v) is 13.0. The summed E-state index contributed by atoms with van der Waals surface area (Å²) < 4.78 is 0. The first kappa shape index (κ1) is 30.2. The van der Waals surface area contributed by atoms with Crippen molar-refractivity contribution in [2.75, 3.05) is 23.3 Å². The lowest BCUT2D eigenvalue weighted by Gasteiger charge is -2.28. The molecule has 2 aromatic carbocycles. The van der Waals surface area contributed by atoms with Gasteiger partial charge in [0, 0.05) is 22.6 Å². The molecule has 2 fully saturated rings. The molecule has 43 heavy (non-hydrogen) atoms. The van der Waals surface area contributed by atoms with Crippen molar-refractivity contribution in [2.24, 2.45) is 16.4 Å². The molecule has 10 nitrogen and oxygen atoms in total. The molecule has 224 valence electrons. The van der Waals surface area contributed by atoms with Crippen LogP contribution in [-0.2, 0) is 14.4 Å². The zero-order valence-corrected chi connectivity index (χ0v) is 25.3. The summed E-state index contributed by atoms with van der Waals surface area (Å²) in [7, 11) is 0. The minimum Gasteiger partial charge on any atom is -0.324 e. The standard InChI is InChI=1S/C32H35N5O5S/c1-32(2,3)26(38)18-36-24-15-8-7-14-23(24)28(21-11-5-4-6-12-21)35-37(31(36)42)19-27(39)33-22-13-9-10-20(16-22)17-25-29(40)34-30(41)43-25/h7-10,13-17,21H,4-6,11-12,18-19H2,1-3H3,(H,33,39)(H,34,40,41). The highest BCUT2D eigenvalue weighted by atomic mass is 32.2. The Morgan fingerprint density at radius 3 is 2.47 bits per heavy atom. The number of hydrogen-bond acceptors (Lipinski definition) is 7. The average molecular weight is 602 g/mol. The van der Waals surface area contributed by atoms with E-state index in [9.17, 15) is 24.0 Å². The zero-order chi connectivity index (χ0) is 30.7. The van der Waals surface area contributed by atoms with Crippen LogP contribution < -0.4 is 15.5 Å². The van der Waals surface area contributed by atoms with Crippen molar-refractivity contribution in [1.29, 1.82) is 0 Å². The van der Waals surface area contributed by atoms with Gasteiger partial charge in [-0.2, -0.15) is 5.10 Å². The molecule has 2 aromatic rings. The number of para-hydroxylation sites is 1. The number of anilines is 2. The molecule has 1 saturated carbocycles. The summed E-state index contributed by atoms with van der Waals surface area (Å²) >= 11 is 0.813. The number of fused-ring (bicyclic) bond motifs is 1. The smallest absolute Gasteiger partial charge is 0.324 e. The highest BCUT2D eigenvalue weighted by Gasteiger charge is 2.36. The molecular formula is C32H35N5O5S. The van der Waals surface area contributed by atoms with Crippen molar-refractivity contribution >= 4 is 63.8 Å². The lowest BCUT2D eigenvalue weighted by molar-refractivity contribution is -0.124. The Labute approximate surface area is 254 Å². The molecule has 0 bridgehead atoms. The van der Waals surface area contributed by atoms with E-state index in [1.807, 2.05) is 45.0 Å². The number of ketones is 1. The topological polar surface area (TPSA) is 128 Å². The van der Waals surface area contributed by atoms with Gasteiger partial charge in [-0.3, -0.25) is 29.4 Å². The molecule has 0 spiro atoms. The van der Waals surface area contributed by atoms with Crippen molar-refractivity contribution in [3.8, 4) is 0 Å². The number of carbonyl (C=O) groups excluding carboxylic acids is 5. The second kappa shape index (κ2) is 12.5. The zero-order valence-electron chi connectivity index (χ0n) is 24.5. The van der Waals surface area contributed by atoms with E-state index in [1.165, 1.54) is 9.91 Å². The first-order valence-corrected chi connectivity index (χ1v) is 15.3. The maximum atomic E-state index is 14.0. The van der Waals surface area contributed by atoms with Gasteiger partial charge in [0.1, 0.15) is 6.54 Å². The molecule has 1 saturated heterocycles. The first-order chi connectivity index (χ1) is 20.5. The maximum Gasteiger partial charge on any atom is 0.345 e. The number of hydrazone groups is 1. The molecule has 0 atom stereocenters. The first-order valence-electron chi connectivity index (χ1n) is 14.4. The van der Waals surface area contributed by atoms with Gasteiger partial charge >= 0.3 is 6.03 Å². The molecule has 2 N–H and O–H groups in total. The Kier molecular flexibility index (Phi) is 8.82. The van der Waals surface area contributed by atoms with E-state index in [0.29, 0.717) is 16.9 Å². The van der Waals surface area contributed by atoms with Crippen LogP contribution in [-0.4, -0.2) is 52.7 Å². The van der Waals surface area contributed by atoms with Gasteiger partial charge in [0.15, 0.2) is 5.78 Å². The van der Waals surface area contributed by atoms with Gasteiger partial charge in [0.25, 0.3) is 11.1 Å². The third kappa shape index (κ3) is 7.05. The number of benzene rings is 2. The summed E-state index contributed by atoms with van der Waals surface area (Å²) in [4.78, 5) is 65.7. The molecule has 1 aliphatic carbocycles. The van der Waals surface area contributed by atoms with Crippen molar-refractivity contribution in [2.45, 2.75) is 52.9 Å². The van der Waals surface area contributed by atoms with Gasteiger partial charge in [0.2, 0.25) is 5.91 Å². The number of hydrogen-bond donors (Lipinski definition) is 2. The minimum atomic E-state index is -0.665. The van der Waals surface area contributed by atoms with Crippen molar-refractivity contribution in [1.82, 2.24) is 10.3 Å². The predicted octanol–water partition coefficient (Wildman–Crippen LogP) is 5.79. The van der Waals surface area contributed by atoms with Crippen LogP contribution in [0.5, 0.6) is 0 Å².